The van der Waals surface area contributed by atoms with Crippen LogP contribution in [0.4, 0.5) is 11.6 Å². The van der Waals surface area contributed by atoms with Crippen LogP contribution >= 0.6 is 12.2 Å². The Labute approximate surface area is 197 Å². The SMILES string of the molecule is CNc1nccc(-c2cccnc2Oc2ccc(NC(=O)C3=CC(C)=CCC3=S)cc2C)n1. The van der Waals surface area contributed by atoms with Crippen LogP contribution in [-0.2, 0) is 4.79 Å². The van der Waals surface area contributed by atoms with Crippen molar-refractivity contribution in [2.45, 2.75) is 20.3 Å². The van der Waals surface area contributed by atoms with Gasteiger partial charge in [0.15, 0.2) is 0 Å². The zero-order chi connectivity index (χ0) is 23.4. The van der Waals surface area contributed by atoms with Gasteiger partial charge in [-0.3, -0.25) is 4.79 Å². The van der Waals surface area contributed by atoms with Crippen LogP contribution in [0.2, 0.25) is 0 Å². The number of thiocarbonyl (C=S) groups is 1. The van der Waals surface area contributed by atoms with Crippen molar-refractivity contribution in [2.75, 3.05) is 17.7 Å². The number of aromatic nitrogens is 3. The molecule has 3 aromatic rings. The predicted octanol–water partition coefficient (Wildman–Crippen LogP) is 5.27. The molecule has 8 heteroatoms. The highest BCUT2D eigenvalue weighted by atomic mass is 32.1. The number of carbonyl (C=O) groups excluding carboxylic acids is 1. The summed E-state index contributed by atoms with van der Waals surface area (Å²) in [5, 5.41) is 5.86. The van der Waals surface area contributed by atoms with Gasteiger partial charge in [-0.1, -0.05) is 23.9 Å². The lowest BCUT2D eigenvalue weighted by atomic mass is 9.99. The van der Waals surface area contributed by atoms with Gasteiger partial charge >= 0.3 is 0 Å². The van der Waals surface area contributed by atoms with E-state index in [0.29, 0.717) is 45.8 Å². The Balaban J connectivity index is 1.55. The first-order chi connectivity index (χ1) is 15.9. The summed E-state index contributed by atoms with van der Waals surface area (Å²) in [6.07, 6.45) is 7.79. The maximum atomic E-state index is 12.7. The summed E-state index contributed by atoms with van der Waals surface area (Å²) >= 11 is 5.35. The van der Waals surface area contributed by atoms with Crippen molar-refractivity contribution in [3.8, 4) is 22.9 Å². The maximum Gasteiger partial charge on any atom is 0.256 e. The van der Waals surface area contributed by atoms with Gasteiger partial charge in [0.2, 0.25) is 11.8 Å². The van der Waals surface area contributed by atoms with Gasteiger partial charge in [-0.2, -0.15) is 0 Å². The molecule has 1 aliphatic carbocycles. The van der Waals surface area contributed by atoms with E-state index in [4.69, 9.17) is 17.0 Å². The van der Waals surface area contributed by atoms with Gasteiger partial charge in [-0.15, -0.1) is 0 Å². The third-order valence-corrected chi connectivity index (χ3v) is 5.48. The van der Waals surface area contributed by atoms with Gasteiger partial charge in [-0.25, -0.2) is 15.0 Å². The zero-order valence-electron chi connectivity index (χ0n) is 18.5. The minimum absolute atomic E-state index is 0.211. The molecule has 0 atom stereocenters. The van der Waals surface area contributed by atoms with Crippen molar-refractivity contribution >= 4 is 34.6 Å². The number of hydrogen-bond donors (Lipinski definition) is 2. The fourth-order valence-corrected chi connectivity index (χ4v) is 3.60. The topological polar surface area (TPSA) is 89.0 Å². The summed E-state index contributed by atoms with van der Waals surface area (Å²) in [6.45, 7) is 3.87. The molecule has 0 radical (unpaired) electrons. The second-order valence-electron chi connectivity index (χ2n) is 7.54. The summed E-state index contributed by atoms with van der Waals surface area (Å²) in [7, 11) is 1.76. The summed E-state index contributed by atoms with van der Waals surface area (Å²) in [5.74, 6) is 1.36. The van der Waals surface area contributed by atoms with Crippen LogP contribution in [0.3, 0.4) is 0 Å². The number of carbonyl (C=O) groups is 1. The Morgan fingerprint density at radius 2 is 1.97 bits per heavy atom. The van der Waals surface area contributed by atoms with Crippen molar-refractivity contribution in [3.05, 3.63) is 77.7 Å². The second-order valence-corrected chi connectivity index (χ2v) is 8.03. The molecule has 2 N–H and O–H groups in total. The van der Waals surface area contributed by atoms with E-state index in [1.54, 1.807) is 37.6 Å². The molecule has 1 amide bonds. The third-order valence-electron chi connectivity index (χ3n) is 5.09. The molecular formula is C25H23N5O2S. The monoisotopic (exact) mass is 457 g/mol. The van der Waals surface area contributed by atoms with Crippen molar-refractivity contribution < 1.29 is 9.53 Å². The second kappa shape index (κ2) is 9.70. The highest BCUT2D eigenvalue weighted by Gasteiger charge is 2.18. The van der Waals surface area contributed by atoms with E-state index in [0.717, 1.165) is 16.7 Å². The minimum Gasteiger partial charge on any atom is -0.438 e. The Morgan fingerprint density at radius 3 is 2.76 bits per heavy atom. The average molecular weight is 458 g/mol. The third kappa shape index (κ3) is 5.12. The number of nitrogens with one attached hydrogen (secondary N) is 2. The fraction of sp³-hybridized carbons (Fsp3) is 0.160. The van der Waals surface area contributed by atoms with Crippen LogP contribution in [0.15, 0.2) is 72.1 Å². The molecule has 1 aliphatic rings. The molecule has 0 saturated heterocycles. The number of anilines is 2. The quantitative estimate of drug-likeness (QED) is 0.488. The van der Waals surface area contributed by atoms with Gasteiger partial charge in [-0.05, 0) is 61.9 Å². The van der Waals surface area contributed by atoms with Gasteiger partial charge in [0.25, 0.3) is 5.91 Å². The van der Waals surface area contributed by atoms with E-state index in [1.165, 1.54) is 0 Å². The van der Waals surface area contributed by atoms with Crippen LogP contribution in [0.25, 0.3) is 11.3 Å². The number of amides is 1. The number of nitrogens with zero attached hydrogens (tertiary/aromatic N) is 3. The lowest BCUT2D eigenvalue weighted by Gasteiger charge is -2.15. The van der Waals surface area contributed by atoms with Crippen molar-refractivity contribution in [1.82, 2.24) is 15.0 Å². The Morgan fingerprint density at radius 1 is 1.12 bits per heavy atom. The predicted molar refractivity (Wildman–Crippen MR) is 134 cm³/mol. The fourth-order valence-electron chi connectivity index (χ4n) is 3.36. The summed E-state index contributed by atoms with van der Waals surface area (Å²) in [6, 6.07) is 11.0. The first-order valence-electron chi connectivity index (χ1n) is 10.4. The molecule has 2 aromatic heterocycles. The molecule has 166 valence electrons. The highest BCUT2D eigenvalue weighted by molar-refractivity contribution is 7.81. The first kappa shape index (κ1) is 22.3. The molecular weight excluding hydrogens is 434 g/mol. The van der Waals surface area contributed by atoms with E-state index < -0.39 is 0 Å². The van der Waals surface area contributed by atoms with Gasteiger partial charge in [0, 0.05) is 36.4 Å². The van der Waals surface area contributed by atoms with Crippen molar-refractivity contribution in [1.29, 1.82) is 0 Å². The summed E-state index contributed by atoms with van der Waals surface area (Å²) in [5.41, 5.74) is 4.52. The van der Waals surface area contributed by atoms with Crippen LogP contribution in [0, 0.1) is 6.92 Å². The summed E-state index contributed by atoms with van der Waals surface area (Å²) < 4.78 is 6.13. The number of allylic oxidation sites excluding steroid dienone is 3. The Kier molecular flexibility index (Phi) is 6.55. The van der Waals surface area contributed by atoms with E-state index in [-0.39, 0.29) is 5.91 Å². The minimum atomic E-state index is -0.211. The normalized spacial score (nSPS) is 13.1. The van der Waals surface area contributed by atoms with Crippen molar-refractivity contribution in [3.63, 3.8) is 0 Å². The van der Waals surface area contributed by atoms with Crippen LogP contribution in [0.1, 0.15) is 18.9 Å². The maximum absolute atomic E-state index is 12.7. The standard InChI is InChI=1S/C25H23N5O2S/c1-15-6-9-22(33)19(13-15)23(31)29-17-7-8-21(16(2)14-17)32-24-18(5-4-11-27-24)20-10-12-28-25(26-3)30-20/h4-8,10-14H,9H2,1-3H3,(H,29,31)(H,26,28,30). The molecule has 0 unspecified atom stereocenters. The van der Waals surface area contributed by atoms with Gasteiger partial charge in [0.1, 0.15) is 5.75 Å². The molecule has 0 saturated carbocycles. The number of ether oxygens (including phenoxy) is 1. The largest absolute Gasteiger partial charge is 0.438 e. The van der Waals surface area contributed by atoms with Crippen LogP contribution in [-0.4, -0.2) is 32.8 Å². The van der Waals surface area contributed by atoms with Gasteiger partial charge < -0.3 is 15.4 Å². The number of rotatable bonds is 6. The molecule has 0 aliphatic heterocycles. The van der Waals surface area contributed by atoms with Crippen molar-refractivity contribution in [2.24, 2.45) is 0 Å². The van der Waals surface area contributed by atoms with Gasteiger partial charge in [0.05, 0.1) is 16.8 Å². The first-order valence-corrected chi connectivity index (χ1v) is 10.8. The number of pyridine rings is 1. The molecule has 4 rings (SSSR count). The Hall–Kier alpha value is -3.91. The molecule has 0 spiro atoms. The molecule has 7 nitrogen and oxygen atoms in total. The zero-order valence-corrected chi connectivity index (χ0v) is 19.4. The van der Waals surface area contributed by atoms with Crippen LogP contribution < -0.4 is 15.4 Å². The Bertz CT molecular complexity index is 1300. The molecule has 2 heterocycles. The number of hydrogen-bond acceptors (Lipinski definition) is 7. The van der Waals surface area contributed by atoms with E-state index in [9.17, 15) is 4.79 Å². The van der Waals surface area contributed by atoms with Crippen LogP contribution in [0.5, 0.6) is 11.6 Å². The number of aryl methyl sites for hydroxylation is 1. The average Bonchev–Trinajstić information content (AvgIpc) is 2.82. The van der Waals surface area contributed by atoms with E-state index >= 15 is 0 Å². The molecule has 1 aromatic carbocycles. The molecule has 0 fully saturated rings. The lowest BCUT2D eigenvalue weighted by molar-refractivity contribution is -0.112. The number of benzene rings is 1. The highest BCUT2D eigenvalue weighted by Crippen LogP contribution is 2.33. The molecule has 33 heavy (non-hydrogen) atoms. The molecule has 0 bridgehead atoms. The van der Waals surface area contributed by atoms with E-state index in [1.807, 2.05) is 44.2 Å². The van der Waals surface area contributed by atoms with E-state index in [2.05, 4.69) is 25.6 Å². The smallest absolute Gasteiger partial charge is 0.256 e. The lowest BCUT2D eigenvalue weighted by Crippen LogP contribution is -2.21. The summed E-state index contributed by atoms with van der Waals surface area (Å²) in [4.78, 5) is 26.4.